The number of nitrogens with zero attached hydrogens (tertiary/aromatic N) is 1. The third-order valence-corrected chi connectivity index (χ3v) is 5.10. The van der Waals surface area contributed by atoms with Crippen LogP contribution in [0.25, 0.3) is 0 Å². The number of hydrogen-bond acceptors (Lipinski definition) is 7. The number of carbonyl (C=O) groups excluding carboxylic acids is 3. The van der Waals surface area contributed by atoms with E-state index in [-0.39, 0.29) is 18.6 Å². The first-order valence-corrected chi connectivity index (χ1v) is 10.9. The standard InChI is InChI=1S/C21H28N6O5S/c1-12(22)18(28)25-15(8-14-9-23-11-24-14)19(29)27-17(10-33)20(30)26-16(21(31)32)7-13-5-3-2-4-6-13/h2-6,9,11-12,15-17,33H,7-8,10,22H2,1H3,(H,23,24)(H,25,28)(H,26,30)(H,27,29)(H,31,32). The number of hydrogen-bond donors (Lipinski definition) is 7. The van der Waals surface area contributed by atoms with Gasteiger partial charge in [0.05, 0.1) is 12.4 Å². The molecule has 178 valence electrons. The Morgan fingerprint density at radius 1 is 1.00 bits per heavy atom. The molecule has 0 aliphatic rings. The highest BCUT2D eigenvalue weighted by atomic mass is 32.1. The maximum absolute atomic E-state index is 12.9. The van der Waals surface area contributed by atoms with Crippen LogP contribution in [0.2, 0.25) is 0 Å². The van der Waals surface area contributed by atoms with Gasteiger partial charge in [0.25, 0.3) is 0 Å². The number of amides is 3. The Kier molecular flexibility index (Phi) is 9.88. The second-order valence-electron chi connectivity index (χ2n) is 7.46. The highest BCUT2D eigenvalue weighted by Crippen LogP contribution is 2.05. The number of H-pyrrole nitrogens is 1. The predicted octanol–water partition coefficient (Wildman–Crippen LogP) is -0.989. The van der Waals surface area contributed by atoms with Gasteiger partial charge in [-0.15, -0.1) is 0 Å². The summed E-state index contributed by atoms with van der Waals surface area (Å²) in [6.07, 6.45) is 3.08. The van der Waals surface area contributed by atoms with Crippen molar-refractivity contribution >= 4 is 36.3 Å². The summed E-state index contributed by atoms with van der Waals surface area (Å²) in [5.41, 5.74) is 6.90. The van der Waals surface area contributed by atoms with Crippen molar-refractivity contribution in [3.63, 3.8) is 0 Å². The summed E-state index contributed by atoms with van der Waals surface area (Å²) in [5, 5.41) is 17.0. The average molecular weight is 477 g/mol. The van der Waals surface area contributed by atoms with Crippen molar-refractivity contribution in [2.45, 2.75) is 43.9 Å². The number of thiol groups is 1. The second-order valence-corrected chi connectivity index (χ2v) is 7.83. The van der Waals surface area contributed by atoms with Gasteiger partial charge in [-0.1, -0.05) is 30.3 Å². The van der Waals surface area contributed by atoms with E-state index in [1.54, 1.807) is 30.3 Å². The summed E-state index contributed by atoms with van der Waals surface area (Å²) in [5.74, 6) is -3.20. The fourth-order valence-corrected chi connectivity index (χ4v) is 3.17. The van der Waals surface area contributed by atoms with E-state index in [1.165, 1.54) is 19.4 Å². The average Bonchev–Trinajstić information content (AvgIpc) is 3.29. The van der Waals surface area contributed by atoms with Gasteiger partial charge in [-0.3, -0.25) is 14.4 Å². The third-order valence-electron chi connectivity index (χ3n) is 4.74. The number of nitrogens with one attached hydrogen (secondary N) is 4. The Bertz CT molecular complexity index is 938. The Balaban J connectivity index is 2.07. The minimum Gasteiger partial charge on any atom is -0.480 e. The van der Waals surface area contributed by atoms with E-state index in [4.69, 9.17) is 5.73 Å². The number of carboxylic acids is 1. The molecule has 7 N–H and O–H groups in total. The number of aliphatic carboxylic acids is 1. The van der Waals surface area contributed by atoms with Gasteiger partial charge in [0.1, 0.15) is 18.1 Å². The molecule has 1 aromatic heterocycles. The number of benzene rings is 1. The fraction of sp³-hybridized carbons (Fsp3) is 0.381. The first-order chi connectivity index (χ1) is 15.7. The number of carboxylic acid groups (broad SMARTS) is 1. The van der Waals surface area contributed by atoms with Crippen LogP contribution in [-0.2, 0) is 32.0 Å². The smallest absolute Gasteiger partial charge is 0.326 e. The van der Waals surface area contributed by atoms with Gasteiger partial charge in [0, 0.05) is 30.5 Å². The summed E-state index contributed by atoms with van der Waals surface area (Å²) in [6, 6.07) is 4.62. The van der Waals surface area contributed by atoms with E-state index < -0.39 is 47.9 Å². The molecule has 0 aliphatic heterocycles. The molecular weight excluding hydrogens is 448 g/mol. The van der Waals surface area contributed by atoms with E-state index >= 15 is 0 Å². The lowest BCUT2D eigenvalue weighted by atomic mass is 10.1. The van der Waals surface area contributed by atoms with Crippen molar-refractivity contribution in [1.82, 2.24) is 25.9 Å². The van der Waals surface area contributed by atoms with Crippen LogP contribution in [0.4, 0.5) is 0 Å². The minimum atomic E-state index is -1.21. The topological polar surface area (TPSA) is 179 Å². The van der Waals surface area contributed by atoms with Gasteiger partial charge in [0.15, 0.2) is 0 Å². The van der Waals surface area contributed by atoms with Gasteiger partial charge in [0.2, 0.25) is 17.7 Å². The molecule has 0 bridgehead atoms. The summed E-state index contributed by atoms with van der Waals surface area (Å²) in [6.45, 7) is 1.48. The summed E-state index contributed by atoms with van der Waals surface area (Å²) < 4.78 is 0. The zero-order valence-corrected chi connectivity index (χ0v) is 18.9. The lowest BCUT2D eigenvalue weighted by Gasteiger charge is -2.24. The van der Waals surface area contributed by atoms with Crippen molar-refractivity contribution in [2.75, 3.05) is 5.75 Å². The molecule has 33 heavy (non-hydrogen) atoms. The number of nitrogens with two attached hydrogens (primary N) is 1. The number of rotatable bonds is 12. The van der Waals surface area contributed by atoms with Crippen LogP contribution in [-0.4, -0.2) is 68.7 Å². The van der Waals surface area contributed by atoms with Crippen molar-refractivity contribution in [3.05, 3.63) is 54.1 Å². The first-order valence-electron chi connectivity index (χ1n) is 10.2. The van der Waals surface area contributed by atoms with E-state index in [2.05, 4.69) is 38.5 Å². The predicted molar refractivity (Wildman–Crippen MR) is 123 cm³/mol. The monoisotopic (exact) mass is 476 g/mol. The zero-order valence-electron chi connectivity index (χ0n) is 18.0. The minimum absolute atomic E-state index is 0.0715. The van der Waals surface area contributed by atoms with Gasteiger partial charge in [-0.25, -0.2) is 9.78 Å². The molecule has 4 unspecified atom stereocenters. The lowest BCUT2D eigenvalue weighted by Crippen LogP contribution is -2.58. The summed E-state index contributed by atoms with van der Waals surface area (Å²) in [7, 11) is 0. The normalized spacial score (nSPS) is 14.4. The molecule has 0 saturated heterocycles. The molecule has 3 amide bonds. The maximum Gasteiger partial charge on any atom is 0.326 e. The highest BCUT2D eigenvalue weighted by Gasteiger charge is 2.29. The molecule has 2 rings (SSSR count). The molecule has 0 saturated carbocycles. The molecule has 0 fully saturated rings. The molecule has 11 nitrogen and oxygen atoms in total. The van der Waals surface area contributed by atoms with Crippen LogP contribution in [0, 0.1) is 0 Å². The molecule has 0 spiro atoms. The molecular formula is C21H28N6O5S. The van der Waals surface area contributed by atoms with Gasteiger partial charge in [-0.2, -0.15) is 12.6 Å². The molecule has 1 heterocycles. The molecule has 12 heteroatoms. The van der Waals surface area contributed by atoms with Crippen LogP contribution < -0.4 is 21.7 Å². The summed E-state index contributed by atoms with van der Waals surface area (Å²) >= 11 is 4.12. The van der Waals surface area contributed by atoms with Gasteiger partial charge in [-0.05, 0) is 12.5 Å². The van der Waals surface area contributed by atoms with Crippen molar-refractivity contribution < 1.29 is 24.3 Å². The largest absolute Gasteiger partial charge is 0.480 e. The van der Waals surface area contributed by atoms with Crippen LogP contribution in [0.1, 0.15) is 18.2 Å². The number of imidazole rings is 1. The van der Waals surface area contributed by atoms with Crippen molar-refractivity contribution in [1.29, 1.82) is 0 Å². The van der Waals surface area contributed by atoms with E-state index in [0.29, 0.717) is 5.69 Å². The molecule has 1 aromatic carbocycles. The SMILES string of the molecule is CC(N)C(=O)NC(Cc1cnc[nH]1)C(=O)NC(CS)C(=O)NC(Cc1ccccc1)C(=O)O. The van der Waals surface area contributed by atoms with Crippen LogP contribution in [0.15, 0.2) is 42.9 Å². The van der Waals surface area contributed by atoms with Gasteiger partial charge >= 0.3 is 5.97 Å². The van der Waals surface area contributed by atoms with Crippen LogP contribution >= 0.6 is 12.6 Å². The fourth-order valence-electron chi connectivity index (χ4n) is 2.92. The Morgan fingerprint density at radius 2 is 1.61 bits per heavy atom. The first kappa shape index (κ1) is 25.9. The van der Waals surface area contributed by atoms with Crippen LogP contribution in [0.5, 0.6) is 0 Å². The molecule has 0 aliphatic carbocycles. The lowest BCUT2D eigenvalue weighted by molar-refractivity contribution is -0.142. The summed E-state index contributed by atoms with van der Waals surface area (Å²) in [4.78, 5) is 56.1. The van der Waals surface area contributed by atoms with Crippen molar-refractivity contribution in [3.8, 4) is 0 Å². The third kappa shape index (κ3) is 8.24. The Morgan fingerprint density at radius 3 is 2.15 bits per heavy atom. The van der Waals surface area contributed by atoms with E-state index in [1.807, 2.05) is 0 Å². The van der Waals surface area contributed by atoms with Crippen molar-refractivity contribution in [2.24, 2.45) is 5.73 Å². The number of carbonyl (C=O) groups is 4. The molecule has 4 atom stereocenters. The zero-order chi connectivity index (χ0) is 24.4. The second kappa shape index (κ2) is 12.6. The number of aromatic nitrogens is 2. The highest BCUT2D eigenvalue weighted by molar-refractivity contribution is 7.80. The van der Waals surface area contributed by atoms with E-state index in [9.17, 15) is 24.3 Å². The van der Waals surface area contributed by atoms with Crippen LogP contribution in [0.3, 0.4) is 0 Å². The molecule has 2 aromatic rings. The Hall–Kier alpha value is -3.38. The number of aromatic amines is 1. The molecule has 0 radical (unpaired) electrons. The maximum atomic E-state index is 12.9. The van der Waals surface area contributed by atoms with Gasteiger partial charge < -0.3 is 31.8 Å². The Labute approximate surface area is 196 Å². The quantitative estimate of drug-likeness (QED) is 0.192. The van der Waals surface area contributed by atoms with E-state index in [0.717, 1.165) is 5.56 Å².